The summed E-state index contributed by atoms with van der Waals surface area (Å²) in [5, 5.41) is 0. The van der Waals surface area contributed by atoms with Gasteiger partial charge in [-0.25, -0.2) is 0 Å². The first kappa shape index (κ1) is 17.6. The van der Waals surface area contributed by atoms with Gasteiger partial charge in [-0.1, -0.05) is 20.8 Å². The Labute approximate surface area is 111 Å². The van der Waals surface area contributed by atoms with Gasteiger partial charge in [-0.2, -0.15) is 0 Å². The third kappa shape index (κ3) is 12.0. The van der Waals surface area contributed by atoms with Gasteiger partial charge in [0.1, 0.15) is 5.78 Å². The van der Waals surface area contributed by atoms with E-state index >= 15 is 0 Å². The molecule has 0 aromatic carbocycles. The number of hydrogen-bond donors (Lipinski definition) is 1. The second-order valence-corrected chi connectivity index (χ2v) is 5.09. The number of carbonyl (C=O) groups excluding carboxylic acids is 1. The molecule has 4 nitrogen and oxygen atoms in total. The van der Waals surface area contributed by atoms with Gasteiger partial charge in [0.15, 0.2) is 0 Å². The molecule has 0 aromatic rings. The van der Waals surface area contributed by atoms with E-state index in [1.807, 2.05) is 6.92 Å². The fourth-order valence-electron chi connectivity index (χ4n) is 1.47. The van der Waals surface area contributed by atoms with Gasteiger partial charge in [-0.15, -0.1) is 0 Å². The van der Waals surface area contributed by atoms with Crippen molar-refractivity contribution >= 4 is 5.78 Å². The van der Waals surface area contributed by atoms with Crippen LogP contribution in [0, 0.1) is 5.92 Å². The Morgan fingerprint density at radius 3 is 2.33 bits per heavy atom. The quantitative estimate of drug-likeness (QED) is 0.546. The summed E-state index contributed by atoms with van der Waals surface area (Å²) >= 11 is 0. The van der Waals surface area contributed by atoms with Gasteiger partial charge >= 0.3 is 0 Å². The van der Waals surface area contributed by atoms with E-state index in [0.29, 0.717) is 32.7 Å². The molecule has 0 saturated carbocycles. The van der Waals surface area contributed by atoms with Crippen molar-refractivity contribution in [2.45, 2.75) is 52.5 Å². The van der Waals surface area contributed by atoms with Crippen LogP contribution < -0.4 is 5.73 Å². The molecule has 1 atom stereocenters. The van der Waals surface area contributed by atoms with E-state index in [4.69, 9.17) is 15.2 Å². The van der Waals surface area contributed by atoms with Crippen LogP contribution in [0.1, 0.15) is 46.5 Å². The Morgan fingerprint density at radius 1 is 1.17 bits per heavy atom. The molecule has 4 heteroatoms. The minimum absolute atomic E-state index is 0.0965. The molecule has 0 spiro atoms. The number of Topliss-reactive ketones (excluding diaryl/α,β-unsaturated/α-hetero) is 1. The van der Waals surface area contributed by atoms with Gasteiger partial charge < -0.3 is 15.2 Å². The van der Waals surface area contributed by atoms with Crippen LogP contribution in [-0.4, -0.2) is 38.3 Å². The molecule has 0 aliphatic heterocycles. The fourth-order valence-corrected chi connectivity index (χ4v) is 1.47. The van der Waals surface area contributed by atoms with Crippen molar-refractivity contribution in [1.29, 1.82) is 0 Å². The fraction of sp³-hybridized carbons (Fsp3) is 0.929. The molecule has 0 heterocycles. The number of rotatable bonds is 12. The molecule has 0 radical (unpaired) electrons. The molecule has 2 N–H and O–H groups in total. The van der Waals surface area contributed by atoms with Gasteiger partial charge in [-0.3, -0.25) is 4.79 Å². The molecule has 0 aromatic heterocycles. The molecule has 0 bridgehead atoms. The molecule has 108 valence electrons. The minimum atomic E-state index is -0.0965. The Morgan fingerprint density at radius 2 is 1.78 bits per heavy atom. The van der Waals surface area contributed by atoms with E-state index < -0.39 is 0 Å². The first-order chi connectivity index (χ1) is 8.56. The zero-order valence-corrected chi connectivity index (χ0v) is 12.1. The number of ketones is 1. The summed E-state index contributed by atoms with van der Waals surface area (Å²) in [4.78, 5) is 11.0. The first-order valence-electron chi connectivity index (χ1n) is 6.99. The van der Waals surface area contributed by atoms with E-state index in [2.05, 4.69) is 13.8 Å². The van der Waals surface area contributed by atoms with Gasteiger partial charge in [0, 0.05) is 19.4 Å². The summed E-state index contributed by atoms with van der Waals surface area (Å²) in [6.45, 7) is 8.49. The lowest BCUT2D eigenvalue weighted by atomic mass is 10.1. The van der Waals surface area contributed by atoms with Crippen molar-refractivity contribution in [2.75, 3.05) is 26.4 Å². The lowest BCUT2D eigenvalue weighted by Gasteiger charge is -2.13. The molecule has 1 unspecified atom stereocenters. The van der Waals surface area contributed by atoms with Crippen LogP contribution in [0.2, 0.25) is 0 Å². The lowest BCUT2D eigenvalue weighted by Crippen LogP contribution is -2.32. The van der Waals surface area contributed by atoms with Crippen LogP contribution >= 0.6 is 0 Å². The van der Waals surface area contributed by atoms with Crippen molar-refractivity contribution < 1.29 is 14.3 Å². The maximum Gasteiger partial charge on any atom is 0.134 e. The predicted molar refractivity (Wildman–Crippen MR) is 73.6 cm³/mol. The summed E-state index contributed by atoms with van der Waals surface area (Å²) in [5.41, 5.74) is 5.83. The summed E-state index contributed by atoms with van der Waals surface area (Å²) in [6, 6.07) is -0.0965. The topological polar surface area (TPSA) is 61.5 Å². The molecule has 18 heavy (non-hydrogen) atoms. The highest BCUT2D eigenvalue weighted by Gasteiger charge is 2.04. The van der Waals surface area contributed by atoms with E-state index in [1.165, 1.54) is 6.42 Å². The second-order valence-electron chi connectivity index (χ2n) is 5.09. The largest absolute Gasteiger partial charge is 0.380 e. The van der Waals surface area contributed by atoms with Crippen LogP contribution in [0.25, 0.3) is 0 Å². The van der Waals surface area contributed by atoms with Crippen LogP contribution in [-0.2, 0) is 14.3 Å². The van der Waals surface area contributed by atoms with Crippen molar-refractivity contribution in [3.63, 3.8) is 0 Å². The predicted octanol–water partition coefficient (Wildman–Crippen LogP) is 2.15. The van der Waals surface area contributed by atoms with E-state index in [1.54, 1.807) is 0 Å². The summed E-state index contributed by atoms with van der Waals surface area (Å²) in [5.74, 6) is 0.954. The smallest absolute Gasteiger partial charge is 0.134 e. The third-order valence-corrected chi connectivity index (χ3v) is 2.65. The van der Waals surface area contributed by atoms with Crippen LogP contribution in [0.5, 0.6) is 0 Å². The SMILES string of the molecule is CCC(=O)CCOCC(N)COCCCC(C)C. The van der Waals surface area contributed by atoms with Crippen molar-refractivity contribution in [2.24, 2.45) is 11.7 Å². The van der Waals surface area contributed by atoms with E-state index in [-0.39, 0.29) is 11.8 Å². The number of nitrogens with two attached hydrogens (primary N) is 1. The van der Waals surface area contributed by atoms with Gasteiger partial charge in [0.05, 0.1) is 25.9 Å². The maximum atomic E-state index is 11.0. The van der Waals surface area contributed by atoms with Crippen molar-refractivity contribution in [3.8, 4) is 0 Å². The third-order valence-electron chi connectivity index (χ3n) is 2.65. The minimum Gasteiger partial charge on any atom is -0.380 e. The summed E-state index contributed by atoms with van der Waals surface area (Å²) in [7, 11) is 0. The second kappa shape index (κ2) is 11.6. The van der Waals surface area contributed by atoms with Crippen molar-refractivity contribution in [3.05, 3.63) is 0 Å². The highest BCUT2D eigenvalue weighted by molar-refractivity contribution is 5.78. The van der Waals surface area contributed by atoms with E-state index in [0.717, 1.165) is 18.9 Å². The van der Waals surface area contributed by atoms with E-state index in [9.17, 15) is 4.79 Å². The monoisotopic (exact) mass is 259 g/mol. The summed E-state index contributed by atoms with van der Waals surface area (Å²) < 4.78 is 10.8. The Bertz CT molecular complexity index is 207. The number of carbonyl (C=O) groups is 1. The zero-order chi connectivity index (χ0) is 13.8. The normalized spacial score (nSPS) is 12.9. The van der Waals surface area contributed by atoms with Crippen LogP contribution in [0.3, 0.4) is 0 Å². The average Bonchev–Trinajstić information content (AvgIpc) is 2.33. The van der Waals surface area contributed by atoms with Gasteiger partial charge in [0.25, 0.3) is 0 Å². The van der Waals surface area contributed by atoms with Gasteiger partial charge in [0.2, 0.25) is 0 Å². The van der Waals surface area contributed by atoms with Gasteiger partial charge in [-0.05, 0) is 18.8 Å². The average molecular weight is 259 g/mol. The van der Waals surface area contributed by atoms with Crippen molar-refractivity contribution in [1.82, 2.24) is 0 Å². The number of ether oxygens (including phenoxy) is 2. The Kier molecular flexibility index (Phi) is 11.3. The highest BCUT2D eigenvalue weighted by Crippen LogP contribution is 2.03. The van der Waals surface area contributed by atoms with Crippen LogP contribution in [0.15, 0.2) is 0 Å². The first-order valence-corrected chi connectivity index (χ1v) is 6.99. The standard InChI is InChI=1S/C14H29NO3/c1-4-14(16)7-9-18-11-13(15)10-17-8-5-6-12(2)3/h12-13H,4-11,15H2,1-3H3. The zero-order valence-electron chi connectivity index (χ0n) is 12.1. The molecular formula is C14H29NO3. The molecule has 0 amide bonds. The Hall–Kier alpha value is -0.450. The molecule has 0 aliphatic carbocycles. The highest BCUT2D eigenvalue weighted by atomic mass is 16.5. The molecule has 0 fully saturated rings. The molecule has 0 saturated heterocycles. The Balaban J connectivity index is 3.27. The maximum absolute atomic E-state index is 11.0. The molecule has 0 rings (SSSR count). The molecular weight excluding hydrogens is 230 g/mol. The summed E-state index contributed by atoms with van der Waals surface area (Å²) in [6.07, 6.45) is 3.33. The van der Waals surface area contributed by atoms with Crippen LogP contribution in [0.4, 0.5) is 0 Å². The molecule has 0 aliphatic rings. The number of hydrogen-bond acceptors (Lipinski definition) is 4. The lowest BCUT2D eigenvalue weighted by molar-refractivity contribution is -0.119.